The molecule has 0 aliphatic heterocycles. The molecule has 3 rings (SSSR count). The highest BCUT2D eigenvalue weighted by Gasteiger charge is 2.14. The van der Waals surface area contributed by atoms with E-state index in [2.05, 4.69) is 20.3 Å². The molecule has 1 amide bonds. The smallest absolute Gasteiger partial charge is 0.254 e. The lowest BCUT2D eigenvalue weighted by molar-refractivity contribution is -0.116. The van der Waals surface area contributed by atoms with E-state index >= 15 is 0 Å². The highest BCUT2D eigenvalue weighted by Crippen LogP contribution is 2.27. The van der Waals surface area contributed by atoms with Crippen molar-refractivity contribution in [2.75, 3.05) is 5.32 Å². The van der Waals surface area contributed by atoms with E-state index in [-0.39, 0.29) is 40.7 Å². The average molecular weight is 390 g/mol. The van der Waals surface area contributed by atoms with Crippen LogP contribution in [0.4, 0.5) is 13.9 Å². The van der Waals surface area contributed by atoms with E-state index in [1.165, 1.54) is 5.38 Å². The number of hydrogen-bond donors (Lipinski definition) is 2. The van der Waals surface area contributed by atoms with Crippen molar-refractivity contribution in [3.8, 4) is 11.3 Å². The number of thiazole rings is 1. The summed E-state index contributed by atoms with van der Waals surface area (Å²) in [6.07, 6.45) is 0.301. The minimum Gasteiger partial charge on any atom is -0.311 e. The summed E-state index contributed by atoms with van der Waals surface area (Å²) in [7, 11) is 0. The second-order valence-corrected chi connectivity index (χ2v) is 6.78. The summed E-state index contributed by atoms with van der Waals surface area (Å²) in [6, 6.07) is 3.10. The largest absolute Gasteiger partial charge is 0.311 e. The van der Waals surface area contributed by atoms with Crippen LogP contribution in [0.15, 0.2) is 28.4 Å². The molecule has 0 bridgehead atoms. The van der Waals surface area contributed by atoms with Gasteiger partial charge < -0.3 is 10.3 Å². The van der Waals surface area contributed by atoms with Crippen molar-refractivity contribution in [1.29, 1.82) is 0 Å². The number of H-pyrrole nitrogens is 1. The van der Waals surface area contributed by atoms with E-state index in [0.29, 0.717) is 17.1 Å². The number of carbonyl (C=O) groups excluding carboxylic acids is 1. The van der Waals surface area contributed by atoms with Gasteiger partial charge in [0.25, 0.3) is 5.56 Å². The molecule has 0 spiro atoms. The molecule has 0 radical (unpaired) electrons. The Morgan fingerprint density at radius 2 is 2.04 bits per heavy atom. The third-order valence-electron chi connectivity index (χ3n) is 3.90. The van der Waals surface area contributed by atoms with Gasteiger partial charge in [0.1, 0.15) is 17.5 Å². The summed E-state index contributed by atoms with van der Waals surface area (Å²) in [4.78, 5) is 35.0. The predicted octanol–water partition coefficient (Wildman–Crippen LogP) is 3.36. The summed E-state index contributed by atoms with van der Waals surface area (Å²) in [5, 5.41) is 4.41. The number of aromatic nitrogens is 3. The molecule has 0 saturated heterocycles. The standard InChI is InChI=1S/C18H16F2N4O2S/c1-9-12(17(26)22-10(2)21-9)4-6-16(25)24-18-23-15(8-27-18)13-7-11(19)3-5-14(13)20/h3,5,7-8H,4,6H2,1-2H3,(H,21,22,26)(H,23,24,25). The Kier molecular flexibility index (Phi) is 5.41. The number of nitrogens with one attached hydrogen (secondary N) is 2. The van der Waals surface area contributed by atoms with Crippen LogP contribution in [0.3, 0.4) is 0 Å². The molecule has 0 aliphatic carbocycles. The minimum atomic E-state index is -0.596. The van der Waals surface area contributed by atoms with Gasteiger partial charge in [0.05, 0.1) is 5.69 Å². The van der Waals surface area contributed by atoms with Gasteiger partial charge in [0.15, 0.2) is 5.13 Å². The fraction of sp³-hybridized carbons (Fsp3) is 0.222. The number of carbonyl (C=O) groups is 1. The van der Waals surface area contributed by atoms with Crippen LogP contribution in [0.2, 0.25) is 0 Å². The van der Waals surface area contributed by atoms with Gasteiger partial charge in [-0.05, 0) is 38.5 Å². The van der Waals surface area contributed by atoms with Gasteiger partial charge in [0, 0.05) is 28.6 Å². The van der Waals surface area contributed by atoms with Crippen LogP contribution >= 0.6 is 11.3 Å². The molecule has 0 saturated carbocycles. The Morgan fingerprint density at radius 3 is 2.78 bits per heavy atom. The number of nitrogens with zero attached hydrogens (tertiary/aromatic N) is 2. The first-order chi connectivity index (χ1) is 12.8. The number of aromatic amines is 1. The molecule has 0 aliphatic rings. The maximum absolute atomic E-state index is 13.8. The molecule has 6 nitrogen and oxygen atoms in total. The van der Waals surface area contributed by atoms with Crippen molar-refractivity contribution in [1.82, 2.24) is 15.0 Å². The first-order valence-electron chi connectivity index (χ1n) is 8.10. The summed E-state index contributed by atoms with van der Waals surface area (Å²) in [5.41, 5.74) is 1.05. The van der Waals surface area contributed by atoms with E-state index in [1.807, 2.05) is 0 Å². The Hall–Kier alpha value is -2.94. The Balaban J connectivity index is 1.67. The molecule has 3 aromatic rings. The molecule has 140 valence electrons. The van der Waals surface area contributed by atoms with Gasteiger partial charge in [0.2, 0.25) is 5.91 Å². The zero-order valence-electron chi connectivity index (χ0n) is 14.6. The molecule has 0 fully saturated rings. The second-order valence-electron chi connectivity index (χ2n) is 5.93. The average Bonchev–Trinajstić information content (AvgIpc) is 3.04. The van der Waals surface area contributed by atoms with E-state index in [9.17, 15) is 18.4 Å². The SMILES string of the molecule is Cc1nc(C)c(CCC(=O)Nc2nc(-c3cc(F)ccc3F)cs2)c(=O)[nH]1. The van der Waals surface area contributed by atoms with E-state index < -0.39 is 11.6 Å². The van der Waals surface area contributed by atoms with Crippen molar-refractivity contribution in [3.05, 3.63) is 62.6 Å². The van der Waals surface area contributed by atoms with Crippen LogP contribution in [-0.4, -0.2) is 20.9 Å². The molecule has 2 N–H and O–H groups in total. The minimum absolute atomic E-state index is 0.0274. The first-order valence-corrected chi connectivity index (χ1v) is 8.98. The summed E-state index contributed by atoms with van der Waals surface area (Å²) >= 11 is 1.10. The van der Waals surface area contributed by atoms with Crippen molar-refractivity contribution >= 4 is 22.4 Å². The van der Waals surface area contributed by atoms with E-state index in [0.717, 1.165) is 29.5 Å². The predicted molar refractivity (Wildman–Crippen MR) is 98.7 cm³/mol. The van der Waals surface area contributed by atoms with E-state index in [1.54, 1.807) is 13.8 Å². The van der Waals surface area contributed by atoms with Crippen LogP contribution in [0.5, 0.6) is 0 Å². The fourth-order valence-electron chi connectivity index (χ4n) is 2.61. The summed E-state index contributed by atoms with van der Waals surface area (Å²) in [6.45, 7) is 3.41. The monoisotopic (exact) mass is 390 g/mol. The molecule has 9 heteroatoms. The Labute approximate surface area is 157 Å². The topological polar surface area (TPSA) is 87.7 Å². The zero-order valence-corrected chi connectivity index (χ0v) is 15.4. The summed E-state index contributed by atoms with van der Waals surface area (Å²) in [5.74, 6) is -0.987. The normalized spacial score (nSPS) is 10.8. The lowest BCUT2D eigenvalue weighted by Crippen LogP contribution is -2.20. The maximum Gasteiger partial charge on any atom is 0.254 e. The van der Waals surface area contributed by atoms with Crippen LogP contribution in [0, 0.1) is 25.5 Å². The van der Waals surface area contributed by atoms with Crippen molar-refractivity contribution in [2.24, 2.45) is 0 Å². The number of benzene rings is 1. The molecule has 0 unspecified atom stereocenters. The van der Waals surface area contributed by atoms with Crippen molar-refractivity contribution < 1.29 is 13.6 Å². The number of rotatable bonds is 5. The quantitative estimate of drug-likeness (QED) is 0.699. The van der Waals surface area contributed by atoms with Gasteiger partial charge in [-0.2, -0.15) is 0 Å². The van der Waals surface area contributed by atoms with Gasteiger partial charge in [-0.1, -0.05) is 0 Å². The number of aryl methyl sites for hydroxylation is 2. The lowest BCUT2D eigenvalue weighted by atomic mass is 10.1. The third kappa shape index (κ3) is 4.43. The van der Waals surface area contributed by atoms with Gasteiger partial charge in [-0.3, -0.25) is 9.59 Å². The van der Waals surface area contributed by atoms with Crippen LogP contribution < -0.4 is 10.9 Å². The molecule has 27 heavy (non-hydrogen) atoms. The molecular formula is C18H16F2N4O2S. The molecule has 2 heterocycles. The molecule has 1 aromatic carbocycles. The van der Waals surface area contributed by atoms with Gasteiger partial charge >= 0.3 is 0 Å². The van der Waals surface area contributed by atoms with Crippen LogP contribution in [-0.2, 0) is 11.2 Å². The van der Waals surface area contributed by atoms with Crippen LogP contribution in [0.1, 0.15) is 23.5 Å². The fourth-order valence-corrected chi connectivity index (χ4v) is 3.34. The number of amides is 1. The maximum atomic E-state index is 13.8. The molecule has 0 atom stereocenters. The van der Waals surface area contributed by atoms with Crippen molar-refractivity contribution in [3.63, 3.8) is 0 Å². The van der Waals surface area contributed by atoms with Gasteiger partial charge in [-0.15, -0.1) is 11.3 Å². The van der Waals surface area contributed by atoms with Crippen LogP contribution in [0.25, 0.3) is 11.3 Å². The molecule has 2 aromatic heterocycles. The number of hydrogen-bond acceptors (Lipinski definition) is 5. The van der Waals surface area contributed by atoms with Gasteiger partial charge in [-0.25, -0.2) is 18.7 Å². The molecular weight excluding hydrogens is 374 g/mol. The highest BCUT2D eigenvalue weighted by atomic mass is 32.1. The second kappa shape index (κ2) is 7.75. The highest BCUT2D eigenvalue weighted by molar-refractivity contribution is 7.14. The summed E-state index contributed by atoms with van der Waals surface area (Å²) < 4.78 is 27.1. The lowest BCUT2D eigenvalue weighted by Gasteiger charge is -2.05. The number of anilines is 1. The van der Waals surface area contributed by atoms with Crippen molar-refractivity contribution in [2.45, 2.75) is 26.7 Å². The zero-order chi connectivity index (χ0) is 19.6. The Morgan fingerprint density at radius 1 is 1.26 bits per heavy atom. The number of halogens is 2. The Bertz CT molecular complexity index is 1060. The first kappa shape index (κ1) is 18.8. The van der Waals surface area contributed by atoms with E-state index in [4.69, 9.17) is 0 Å². The third-order valence-corrected chi connectivity index (χ3v) is 4.66.